The number of carbonyl (C=O) groups is 1. The summed E-state index contributed by atoms with van der Waals surface area (Å²) in [6.45, 7) is 0.586. The highest BCUT2D eigenvalue weighted by molar-refractivity contribution is 9.10. The number of carbonyl (C=O) groups excluding carboxylic acids is 1. The van der Waals surface area contributed by atoms with E-state index < -0.39 is 5.91 Å². The zero-order valence-electron chi connectivity index (χ0n) is 15.7. The fraction of sp³-hybridized carbons (Fsp3) is 0.0909. The molecule has 4 rings (SSSR count). The number of nitrogens with one attached hydrogen (secondary N) is 1. The number of hydrogen-bond acceptors (Lipinski definition) is 4. The first-order valence-electron chi connectivity index (χ1n) is 9.12. The van der Waals surface area contributed by atoms with Gasteiger partial charge in [-0.05, 0) is 57.9 Å². The minimum Gasteiger partial charge on any atom is -0.484 e. The van der Waals surface area contributed by atoms with Crippen LogP contribution in [0.1, 0.15) is 21.9 Å². The van der Waals surface area contributed by atoms with Crippen molar-refractivity contribution in [2.75, 3.05) is 5.32 Å². The van der Waals surface area contributed by atoms with Crippen LogP contribution in [0.4, 0.5) is 10.2 Å². The number of rotatable bonds is 7. The van der Waals surface area contributed by atoms with E-state index in [2.05, 4.69) is 26.3 Å². The second-order valence-corrected chi connectivity index (χ2v) is 7.32. The van der Waals surface area contributed by atoms with Gasteiger partial charge in [-0.1, -0.05) is 24.3 Å². The third-order valence-corrected chi connectivity index (χ3v) is 4.86. The van der Waals surface area contributed by atoms with Crippen molar-refractivity contribution in [2.45, 2.75) is 13.2 Å². The molecule has 30 heavy (non-hydrogen) atoms. The van der Waals surface area contributed by atoms with Gasteiger partial charge in [0.15, 0.2) is 11.6 Å². The molecule has 0 atom stereocenters. The molecular formula is C22H17BrFN3O3. The van der Waals surface area contributed by atoms with Crippen molar-refractivity contribution in [1.29, 1.82) is 0 Å². The molecule has 2 aromatic heterocycles. The van der Waals surface area contributed by atoms with Gasteiger partial charge in [0.05, 0.1) is 11.0 Å². The second kappa shape index (κ2) is 8.96. The zero-order chi connectivity index (χ0) is 20.9. The molecule has 1 amide bonds. The van der Waals surface area contributed by atoms with E-state index in [0.717, 1.165) is 10.0 Å². The first kappa shape index (κ1) is 19.9. The van der Waals surface area contributed by atoms with Crippen molar-refractivity contribution in [3.8, 4) is 5.75 Å². The monoisotopic (exact) mass is 469 g/mol. The lowest BCUT2D eigenvalue weighted by Gasteiger charge is -2.05. The molecule has 0 fully saturated rings. The molecule has 0 aliphatic carbocycles. The number of furan rings is 1. The summed E-state index contributed by atoms with van der Waals surface area (Å²) < 4.78 is 27.0. The van der Waals surface area contributed by atoms with E-state index in [1.165, 1.54) is 12.1 Å². The van der Waals surface area contributed by atoms with Gasteiger partial charge in [-0.25, -0.2) is 4.39 Å². The van der Waals surface area contributed by atoms with Crippen molar-refractivity contribution in [1.82, 2.24) is 9.78 Å². The lowest BCUT2D eigenvalue weighted by molar-refractivity contribution is 0.0992. The molecule has 6 nitrogen and oxygen atoms in total. The molecule has 2 heterocycles. The topological polar surface area (TPSA) is 69.3 Å². The van der Waals surface area contributed by atoms with E-state index in [4.69, 9.17) is 9.15 Å². The molecule has 0 radical (unpaired) electrons. The number of amides is 1. The minimum absolute atomic E-state index is 0.153. The Labute approximate surface area is 180 Å². The summed E-state index contributed by atoms with van der Waals surface area (Å²) >= 11 is 3.41. The van der Waals surface area contributed by atoms with Crippen LogP contribution in [0.5, 0.6) is 5.75 Å². The normalized spacial score (nSPS) is 10.7. The standard InChI is InChI=1S/C22H17BrFN3O3/c23-18-6-1-2-7-19(18)29-14-17-8-9-20(30-17)22(28)25-21-10-11-27(26-21)13-15-4-3-5-16(24)12-15/h1-12H,13-14H2,(H,25,26,28). The molecule has 2 aromatic carbocycles. The molecular weight excluding hydrogens is 453 g/mol. The van der Waals surface area contributed by atoms with Crippen molar-refractivity contribution < 1.29 is 18.3 Å². The third-order valence-electron chi connectivity index (χ3n) is 4.21. The van der Waals surface area contributed by atoms with Crippen LogP contribution in [0.2, 0.25) is 0 Å². The number of nitrogens with zero attached hydrogens (tertiary/aromatic N) is 2. The third kappa shape index (κ3) is 4.96. The Morgan fingerprint density at radius 2 is 2.00 bits per heavy atom. The molecule has 152 valence electrons. The molecule has 0 saturated carbocycles. The number of benzene rings is 2. The van der Waals surface area contributed by atoms with E-state index >= 15 is 0 Å². The van der Waals surface area contributed by atoms with Crippen LogP contribution >= 0.6 is 15.9 Å². The highest BCUT2D eigenvalue weighted by Gasteiger charge is 2.13. The van der Waals surface area contributed by atoms with Gasteiger partial charge in [0.1, 0.15) is 23.9 Å². The molecule has 0 aliphatic rings. The Morgan fingerprint density at radius 3 is 2.83 bits per heavy atom. The van der Waals surface area contributed by atoms with Crippen molar-refractivity contribution in [2.24, 2.45) is 0 Å². The molecule has 0 saturated heterocycles. The maximum Gasteiger partial charge on any atom is 0.292 e. The quantitative estimate of drug-likeness (QED) is 0.400. The molecule has 8 heteroatoms. The number of anilines is 1. The average Bonchev–Trinajstić information content (AvgIpc) is 3.37. The Hall–Kier alpha value is -3.39. The first-order chi connectivity index (χ1) is 14.6. The number of ether oxygens (including phenoxy) is 1. The number of halogens is 2. The van der Waals surface area contributed by atoms with Crippen molar-refractivity contribution >= 4 is 27.7 Å². The average molecular weight is 470 g/mol. The summed E-state index contributed by atoms with van der Waals surface area (Å²) in [5, 5.41) is 6.97. The van der Waals surface area contributed by atoms with Gasteiger partial charge in [0.25, 0.3) is 5.91 Å². The van der Waals surface area contributed by atoms with Crippen molar-refractivity contribution in [3.05, 3.63) is 100 Å². The Bertz CT molecular complexity index is 1170. The Morgan fingerprint density at radius 1 is 1.13 bits per heavy atom. The zero-order valence-corrected chi connectivity index (χ0v) is 17.3. The van der Waals surface area contributed by atoms with Crippen LogP contribution in [0.15, 0.2) is 81.8 Å². The molecule has 0 spiro atoms. The van der Waals surface area contributed by atoms with E-state index in [1.54, 1.807) is 35.1 Å². The highest BCUT2D eigenvalue weighted by atomic mass is 79.9. The van der Waals surface area contributed by atoms with E-state index in [1.807, 2.05) is 30.3 Å². The van der Waals surface area contributed by atoms with Crippen LogP contribution in [-0.4, -0.2) is 15.7 Å². The van der Waals surface area contributed by atoms with E-state index in [0.29, 0.717) is 23.9 Å². The van der Waals surface area contributed by atoms with Gasteiger partial charge in [0.2, 0.25) is 0 Å². The smallest absolute Gasteiger partial charge is 0.292 e. The molecule has 1 N–H and O–H groups in total. The predicted octanol–water partition coefficient (Wildman–Crippen LogP) is 5.26. The van der Waals surface area contributed by atoms with E-state index in [9.17, 15) is 9.18 Å². The van der Waals surface area contributed by atoms with E-state index in [-0.39, 0.29) is 18.2 Å². The van der Waals surface area contributed by atoms with Crippen LogP contribution in [0.25, 0.3) is 0 Å². The van der Waals surface area contributed by atoms with Gasteiger partial charge in [-0.15, -0.1) is 0 Å². The van der Waals surface area contributed by atoms with Gasteiger partial charge in [-0.2, -0.15) is 5.10 Å². The number of hydrogen-bond donors (Lipinski definition) is 1. The molecule has 4 aromatic rings. The fourth-order valence-electron chi connectivity index (χ4n) is 2.80. The minimum atomic E-state index is -0.418. The highest BCUT2D eigenvalue weighted by Crippen LogP contribution is 2.25. The predicted molar refractivity (Wildman–Crippen MR) is 113 cm³/mol. The summed E-state index contributed by atoms with van der Waals surface area (Å²) in [6, 6.07) is 18.7. The largest absolute Gasteiger partial charge is 0.484 e. The van der Waals surface area contributed by atoms with Crippen LogP contribution < -0.4 is 10.1 Å². The Kier molecular flexibility index (Phi) is 5.94. The van der Waals surface area contributed by atoms with Gasteiger partial charge < -0.3 is 14.5 Å². The molecule has 0 bridgehead atoms. The van der Waals surface area contributed by atoms with Crippen LogP contribution in [0, 0.1) is 5.82 Å². The van der Waals surface area contributed by atoms with Crippen LogP contribution in [0.3, 0.4) is 0 Å². The maximum absolute atomic E-state index is 13.3. The summed E-state index contributed by atoms with van der Waals surface area (Å²) in [5.74, 6) is 1.01. The lowest BCUT2D eigenvalue weighted by atomic mass is 10.2. The summed E-state index contributed by atoms with van der Waals surface area (Å²) in [6.07, 6.45) is 1.71. The number of aromatic nitrogens is 2. The lowest BCUT2D eigenvalue weighted by Crippen LogP contribution is -2.12. The summed E-state index contributed by atoms with van der Waals surface area (Å²) in [5.41, 5.74) is 0.775. The fourth-order valence-corrected chi connectivity index (χ4v) is 3.20. The van der Waals surface area contributed by atoms with Gasteiger partial charge in [0, 0.05) is 12.3 Å². The molecule has 0 aliphatic heterocycles. The second-order valence-electron chi connectivity index (χ2n) is 6.47. The van der Waals surface area contributed by atoms with Crippen molar-refractivity contribution in [3.63, 3.8) is 0 Å². The summed E-state index contributed by atoms with van der Waals surface area (Å²) in [4.78, 5) is 12.4. The van der Waals surface area contributed by atoms with Gasteiger partial charge in [-0.3, -0.25) is 9.48 Å². The Balaban J connectivity index is 1.34. The maximum atomic E-state index is 13.3. The van der Waals surface area contributed by atoms with Gasteiger partial charge >= 0.3 is 0 Å². The van der Waals surface area contributed by atoms with Crippen LogP contribution in [-0.2, 0) is 13.2 Å². The number of para-hydroxylation sites is 1. The SMILES string of the molecule is O=C(Nc1ccn(Cc2cccc(F)c2)n1)c1ccc(COc2ccccc2Br)o1. The molecule has 0 unspecified atom stereocenters. The summed E-state index contributed by atoms with van der Waals surface area (Å²) in [7, 11) is 0. The first-order valence-corrected chi connectivity index (χ1v) is 9.91.